The Hall–Kier alpha value is -1.81. The summed E-state index contributed by atoms with van der Waals surface area (Å²) in [4.78, 5) is 4.45. The van der Waals surface area contributed by atoms with E-state index >= 15 is 0 Å². The lowest BCUT2D eigenvalue weighted by atomic mass is 9.96. The largest absolute Gasteiger partial charge is 0.416 e. The Morgan fingerprint density at radius 3 is 2.69 bits per heavy atom. The number of guanidine groups is 1. The molecule has 10 heteroatoms. The zero-order chi connectivity index (χ0) is 21.5. The normalized spacial score (nSPS) is 18.6. The summed E-state index contributed by atoms with van der Waals surface area (Å²) >= 11 is 0. The van der Waals surface area contributed by atoms with Crippen molar-refractivity contribution >= 4 is 16.0 Å². The first kappa shape index (κ1) is 23.5. The number of alkyl halides is 3. The monoisotopic (exact) mass is 434 g/mol. The van der Waals surface area contributed by atoms with E-state index in [4.69, 9.17) is 0 Å². The standard InChI is InChI=1S/C19H29F3N4O2S/c1-3-23-18(25-10-12-26-11-5-13-29(26,27)28)24-9-8-15(2)16-6-4-7-17(14-16)19(20,21)22/h4,6-7,14-15H,3,5,8-13H2,1-2H3,(H2,23,24,25). The molecule has 1 aromatic rings. The third kappa shape index (κ3) is 7.18. The Morgan fingerprint density at radius 2 is 2.07 bits per heavy atom. The highest BCUT2D eigenvalue weighted by molar-refractivity contribution is 7.89. The van der Waals surface area contributed by atoms with Crippen molar-refractivity contribution < 1.29 is 21.6 Å². The molecule has 29 heavy (non-hydrogen) atoms. The van der Waals surface area contributed by atoms with Crippen LogP contribution in [0.25, 0.3) is 0 Å². The summed E-state index contributed by atoms with van der Waals surface area (Å²) in [7, 11) is -3.12. The predicted molar refractivity (Wildman–Crippen MR) is 108 cm³/mol. The maximum absolute atomic E-state index is 12.9. The molecule has 0 saturated carbocycles. The van der Waals surface area contributed by atoms with Crippen LogP contribution in [0.2, 0.25) is 0 Å². The summed E-state index contributed by atoms with van der Waals surface area (Å²) in [6.07, 6.45) is -3.10. The predicted octanol–water partition coefficient (Wildman–Crippen LogP) is 2.79. The molecule has 0 spiro atoms. The summed E-state index contributed by atoms with van der Waals surface area (Å²) in [5, 5.41) is 6.21. The summed E-state index contributed by atoms with van der Waals surface area (Å²) in [6.45, 7) is 6.26. The molecule has 1 aromatic carbocycles. The molecule has 2 rings (SSSR count). The number of hydrogen-bond acceptors (Lipinski definition) is 3. The van der Waals surface area contributed by atoms with Crippen molar-refractivity contribution in [3.63, 3.8) is 0 Å². The van der Waals surface area contributed by atoms with Gasteiger partial charge in [0, 0.05) is 32.7 Å². The molecule has 1 aliphatic heterocycles. The molecule has 0 radical (unpaired) electrons. The van der Waals surface area contributed by atoms with Gasteiger partial charge < -0.3 is 10.6 Å². The van der Waals surface area contributed by atoms with E-state index in [0.717, 1.165) is 6.07 Å². The minimum Gasteiger partial charge on any atom is -0.357 e. The molecule has 0 aromatic heterocycles. The van der Waals surface area contributed by atoms with Gasteiger partial charge in [-0.1, -0.05) is 25.1 Å². The third-order valence-electron chi connectivity index (χ3n) is 4.82. The van der Waals surface area contributed by atoms with Gasteiger partial charge in [0.15, 0.2) is 5.96 Å². The van der Waals surface area contributed by atoms with Crippen LogP contribution in [0.15, 0.2) is 29.3 Å². The second-order valence-electron chi connectivity index (χ2n) is 7.07. The zero-order valence-electron chi connectivity index (χ0n) is 16.8. The Morgan fingerprint density at radius 1 is 1.31 bits per heavy atom. The fourth-order valence-electron chi connectivity index (χ4n) is 3.14. The average Bonchev–Trinajstić information content (AvgIpc) is 2.99. The van der Waals surface area contributed by atoms with E-state index in [2.05, 4.69) is 15.6 Å². The highest BCUT2D eigenvalue weighted by Gasteiger charge is 2.30. The van der Waals surface area contributed by atoms with Crippen LogP contribution >= 0.6 is 0 Å². The quantitative estimate of drug-likeness (QED) is 0.488. The number of rotatable bonds is 8. The first-order valence-electron chi connectivity index (χ1n) is 9.80. The number of benzene rings is 1. The van der Waals surface area contributed by atoms with Crippen LogP contribution in [0.1, 0.15) is 43.7 Å². The number of aliphatic imine (C=N–C) groups is 1. The summed E-state index contributed by atoms with van der Waals surface area (Å²) in [6, 6.07) is 5.38. The van der Waals surface area contributed by atoms with Crippen molar-refractivity contribution in [1.29, 1.82) is 0 Å². The van der Waals surface area contributed by atoms with Crippen molar-refractivity contribution in [3.05, 3.63) is 35.4 Å². The van der Waals surface area contributed by atoms with Gasteiger partial charge in [0.2, 0.25) is 10.0 Å². The number of nitrogens with zero attached hydrogens (tertiary/aromatic N) is 2. The van der Waals surface area contributed by atoms with E-state index in [1.54, 1.807) is 6.07 Å². The molecule has 6 nitrogen and oxygen atoms in total. The van der Waals surface area contributed by atoms with Gasteiger partial charge in [0.25, 0.3) is 0 Å². The molecule has 164 valence electrons. The van der Waals surface area contributed by atoms with Gasteiger partial charge in [-0.05, 0) is 37.3 Å². The SMILES string of the molecule is CCNC(=NCCC(C)c1cccc(C(F)(F)F)c1)NCCN1CCCS1(=O)=O. The summed E-state index contributed by atoms with van der Waals surface area (Å²) in [5.41, 5.74) is -0.00977. The molecule has 1 atom stereocenters. The number of sulfonamides is 1. The Labute approximate surface area is 170 Å². The number of nitrogens with one attached hydrogen (secondary N) is 2. The van der Waals surface area contributed by atoms with Crippen LogP contribution < -0.4 is 10.6 Å². The minimum absolute atomic E-state index is 0.0707. The van der Waals surface area contributed by atoms with E-state index in [1.807, 2.05) is 13.8 Å². The highest BCUT2D eigenvalue weighted by Crippen LogP contribution is 2.31. The van der Waals surface area contributed by atoms with Gasteiger partial charge in [-0.2, -0.15) is 13.2 Å². The van der Waals surface area contributed by atoms with Gasteiger partial charge in [-0.15, -0.1) is 0 Å². The molecule has 1 aliphatic rings. The van der Waals surface area contributed by atoms with Crippen LogP contribution in [-0.2, 0) is 16.2 Å². The van der Waals surface area contributed by atoms with Crippen molar-refractivity contribution in [2.45, 2.75) is 38.8 Å². The van der Waals surface area contributed by atoms with Crippen molar-refractivity contribution in [3.8, 4) is 0 Å². The molecule has 1 unspecified atom stereocenters. The smallest absolute Gasteiger partial charge is 0.357 e. The Bertz CT molecular complexity index is 797. The molecule has 1 fully saturated rings. The molecular weight excluding hydrogens is 405 g/mol. The van der Waals surface area contributed by atoms with Gasteiger partial charge in [-0.3, -0.25) is 4.99 Å². The summed E-state index contributed by atoms with van der Waals surface area (Å²) in [5.74, 6) is 0.702. The number of hydrogen-bond donors (Lipinski definition) is 2. The van der Waals surface area contributed by atoms with E-state index in [-0.39, 0.29) is 11.7 Å². The van der Waals surface area contributed by atoms with Crippen molar-refractivity contribution in [2.24, 2.45) is 4.99 Å². The first-order valence-corrected chi connectivity index (χ1v) is 11.4. The maximum atomic E-state index is 12.9. The Balaban J connectivity index is 1.86. The van der Waals surface area contributed by atoms with E-state index < -0.39 is 21.8 Å². The molecule has 2 N–H and O–H groups in total. The molecule has 0 amide bonds. The Kier molecular flexibility index (Phi) is 8.33. The maximum Gasteiger partial charge on any atom is 0.416 e. The second-order valence-corrected chi connectivity index (χ2v) is 9.16. The second kappa shape index (κ2) is 10.3. The lowest BCUT2D eigenvalue weighted by Crippen LogP contribution is -2.42. The van der Waals surface area contributed by atoms with Crippen molar-refractivity contribution in [2.75, 3.05) is 38.5 Å². The molecule has 0 aliphatic carbocycles. The molecule has 0 bridgehead atoms. The minimum atomic E-state index is -4.35. The highest BCUT2D eigenvalue weighted by atomic mass is 32.2. The third-order valence-corrected chi connectivity index (χ3v) is 6.77. The van der Waals surface area contributed by atoms with Crippen LogP contribution in [0, 0.1) is 0 Å². The summed E-state index contributed by atoms with van der Waals surface area (Å²) < 4.78 is 63.7. The van der Waals surface area contributed by atoms with Crippen LogP contribution in [-0.4, -0.2) is 57.2 Å². The zero-order valence-corrected chi connectivity index (χ0v) is 17.6. The molecular formula is C19H29F3N4O2S. The van der Waals surface area contributed by atoms with Crippen LogP contribution in [0.4, 0.5) is 13.2 Å². The van der Waals surface area contributed by atoms with Crippen LogP contribution in [0.3, 0.4) is 0 Å². The van der Waals surface area contributed by atoms with Gasteiger partial charge >= 0.3 is 6.18 Å². The topological polar surface area (TPSA) is 73.8 Å². The van der Waals surface area contributed by atoms with E-state index in [0.29, 0.717) is 57.1 Å². The van der Waals surface area contributed by atoms with Crippen molar-refractivity contribution in [1.82, 2.24) is 14.9 Å². The van der Waals surface area contributed by atoms with Gasteiger partial charge in [-0.25, -0.2) is 12.7 Å². The number of halogens is 3. The first-order chi connectivity index (χ1) is 13.6. The van der Waals surface area contributed by atoms with E-state index in [9.17, 15) is 21.6 Å². The van der Waals surface area contributed by atoms with E-state index in [1.165, 1.54) is 16.4 Å². The lowest BCUT2D eigenvalue weighted by Gasteiger charge is -2.17. The fraction of sp³-hybridized carbons (Fsp3) is 0.632. The van der Waals surface area contributed by atoms with Crippen LogP contribution in [0.5, 0.6) is 0 Å². The average molecular weight is 435 g/mol. The fourth-order valence-corrected chi connectivity index (χ4v) is 4.67. The molecule has 1 heterocycles. The lowest BCUT2D eigenvalue weighted by molar-refractivity contribution is -0.137. The molecule has 1 saturated heterocycles. The van der Waals surface area contributed by atoms with Gasteiger partial charge in [0.05, 0.1) is 11.3 Å². The van der Waals surface area contributed by atoms with Gasteiger partial charge in [0.1, 0.15) is 0 Å².